The van der Waals surface area contributed by atoms with Gasteiger partial charge in [0.2, 0.25) is 0 Å². The van der Waals surface area contributed by atoms with E-state index in [1.54, 1.807) is 0 Å². The Labute approximate surface area is 120 Å². The van der Waals surface area contributed by atoms with Gasteiger partial charge >= 0.3 is 0 Å². The number of nitrogens with one attached hydrogen (secondary N) is 1. The Hall–Kier alpha value is -1.65. The van der Waals surface area contributed by atoms with Crippen molar-refractivity contribution >= 4 is 0 Å². The highest BCUT2D eigenvalue weighted by Crippen LogP contribution is 2.19. The van der Waals surface area contributed by atoms with Crippen LogP contribution in [0.3, 0.4) is 0 Å². The van der Waals surface area contributed by atoms with E-state index in [1.165, 1.54) is 5.56 Å². The largest absolute Gasteiger partial charge is 0.394 e. The summed E-state index contributed by atoms with van der Waals surface area (Å²) in [6, 6.07) is 9.97. The molecule has 0 radical (unpaired) electrons. The number of nitrogens with zero attached hydrogens (tertiary/aromatic N) is 2. The SMILES string of the molecule is CC(C)c1nn(C)cc1CNC(CO)c1ccccc1. The average molecular weight is 273 g/mol. The van der Waals surface area contributed by atoms with Crippen molar-refractivity contribution in [3.05, 3.63) is 53.3 Å². The maximum atomic E-state index is 9.56. The molecule has 0 bridgehead atoms. The van der Waals surface area contributed by atoms with E-state index < -0.39 is 0 Å². The highest BCUT2D eigenvalue weighted by atomic mass is 16.3. The van der Waals surface area contributed by atoms with Gasteiger partial charge in [-0.25, -0.2) is 0 Å². The Bertz CT molecular complexity index is 534. The van der Waals surface area contributed by atoms with Gasteiger partial charge in [0, 0.05) is 25.4 Å². The quantitative estimate of drug-likeness (QED) is 0.849. The van der Waals surface area contributed by atoms with Crippen molar-refractivity contribution in [3.63, 3.8) is 0 Å². The van der Waals surface area contributed by atoms with Gasteiger partial charge in [-0.2, -0.15) is 5.10 Å². The van der Waals surface area contributed by atoms with E-state index in [0.29, 0.717) is 12.5 Å². The van der Waals surface area contributed by atoms with Gasteiger partial charge in [-0.1, -0.05) is 44.2 Å². The van der Waals surface area contributed by atoms with Crippen LogP contribution < -0.4 is 5.32 Å². The predicted molar refractivity (Wildman–Crippen MR) is 80.4 cm³/mol. The van der Waals surface area contributed by atoms with Crippen LogP contribution in [0.25, 0.3) is 0 Å². The number of hydrogen-bond acceptors (Lipinski definition) is 3. The second kappa shape index (κ2) is 6.68. The van der Waals surface area contributed by atoms with Crippen LogP contribution in [-0.4, -0.2) is 21.5 Å². The van der Waals surface area contributed by atoms with Crippen LogP contribution in [0.2, 0.25) is 0 Å². The van der Waals surface area contributed by atoms with Crippen molar-refractivity contribution in [2.45, 2.75) is 32.4 Å². The Kier molecular flexibility index (Phi) is 4.93. The maximum absolute atomic E-state index is 9.56. The van der Waals surface area contributed by atoms with E-state index >= 15 is 0 Å². The summed E-state index contributed by atoms with van der Waals surface area (Å²) < 4.78 is 1.85. The standard InChI is InChI=1S/C16H23N3O/c1-12(2)16-14(10-19(3)18-16)9-17-15(11-20)13-7-5-4-6-8-13/h4-8,10,12,15,17,20H,9,11H2,1-3H3. The van der Waals surface area contributed by atoms with Crippen molar-refractivity contribution in [1.29, 1.82) is 0 Å². The highest BCUT2D eigenvalue weighted by molar-refractivity contribution is 5.22. The molecule has 2 N–H and O–H groups in total. The molecule has 1 unspecified atom stereocenters. The fraction of sp³-hybridized carbons (Fsp3) is 0.438. The van der Waals surface area contributed by atoms with Gasteiger partial charge in [0.1, 0.15) is 0 Å². The number of benzene rings is 1. The number of hydrogen-bond donors (Lipinski definition) is 2. The van der Waals surface area contributed by atoms with Gasteiger partial charge in [0.15, 0.2) is 0 Å². The molecule has 0 aliphatic heterocycles. The number of aliphatic hydroxyl groups is 1. The van der Waals surface area contributed by atoms with Crippen molar-refractivity contribution in [3.8, 4) is 0 Å². The Balaban J connectivity index is 2.07. The van der Waals surface area contributed by atoms with Gasteiger partial charge < -0.3 is 10.4 Å². The van der Waals surface area contributed by atoms with Crippen LogP contribution in [0.5, 0.6) is 0 Å². The summed E-state index contributed by atoms with van der Waals surface area (Å²) in [5.41, 5.74) is 3.41. The van der Waals surface area contributed by atoms with Crippen molar-refractivity contribution in [2.75, 3.05) is 6.61 Å². The molecule has 0 aliphatic rings. The molecule has 0 aliphatic carbocycles. The van der Waals surface area contributed by atoms with Crippen molar-refractivity contribution < 1.29 is 5.11 Å². The molecular formula is C16H23N3O. The fourth-order valence-corrected chi connectivity index (χ4v) is 2.38. The first-order valence-corrected chi connectivity index (χ1v) is 7.03. The third-order valence-electron chi connectivity index (χ3n) is 3.41. The predicted octanol–water partition coefficient (Wildman–Crippen LogP) is 2.37. The molecule has 2 aromatic rings. The molecule has 0 saturated carbocycles. The smallest absolute Gasteiger partial charge is 0.0694 e. The zero-order valence-electron chi connectivity index (χ0n) is 12.4. The lowest BCUT2D eigenvalue weighted by Gasteiger charge is -2.17. The molecule has 20 heavy (non-hydrogen) atoms. The summed E-state index contributed by atoms with van der Waals surface area (Å²) in [6.45, 7) is 5.09. The number of aryl methyl sites for hydroxylation is 1. The molecule has 0 spiro atoms. The molecule has 1 aromatic heterocycles. The van der Waals surface area contributed by atoms with Gasteiger partial charge in [0.25, 0.3) is 0 Å². The molecule has 4 nitrogen and oxygen atoms in total. The van der Waals surface area contributed by atoms with Gasteiger partial charge in [-0.05, 0) is 11.5 Å². The van der Waals surface area contributed by atoms with Crippen molar-refractivity contribution in [1.82, 2.24) is 15.1 Å². The summed E-state index contributed by atoms with van der Waals surface area (Å²) in [4.78, 5) is 0. The molecule has 2 rings (SSSR count). The molecule has 108 valence electrons. The second-order valence-electron chi connectivity index (χ2n) is 5.39. The first kappa shape index (κ1) is 14.8. The zero-order chi connectivity index (χ0) is 14.5. The molecule has 4 heteroatoms. The Morgan fingerprint density at radius 2 is 1.95 bits per heavy atom. The number of rotatable bonds is 6. The summed E-state index contributed by atoms with van der Waals surface area (Å²) >= 11 is 0. The second-order valence-corrected chi connectivity index (χ2v) is 5.39. The summed E-state index contributed by atoms with van der Waals surface area (Å²) in [5.74, 6) is 0.400. The van der Waals surface area contributed by atoms with E-state index in [2.05, 4.69) is 24.3 Å². The maximum Gasteiger partial charge on any atom is 0.0694 e. The van der Waals surface area contributed by atoms with E-state index in [-0.39, 0.29) is 12.6 Å². The lowest BCUT2D eigenvalue weighted by atomic mass is 10.0. The van der Waals surface area contributed by atoms with E-state index in [1.807, 2.05) is 48.3 Å². The zero-order valence-corrected chi connectivity index (χ0v) is 12.4. The lowest BCUT2D eigenvalue weighted by Crippen LogP contribution is -2.24. The number of aliphatic hydroxyl groups excluding tert-OH is 1. The Morgan fingerprint density at radius 3 is 2.55 bits per heavy atom. The van der Waals surface area contributed by atoms with Crippen LogP contribution in [-0.2, 0) is 13.6 Å². The highest BCUT2D eigenvalue weighted by Gasteiger charge is 2.14. The van der Waals surface area contributed by atoms with Crippen molar-refractivity contribution in [2.24, 2.45) is 7.05 Å². The first-order valence-electron chi connectivity index (χ1n) is 7.03. The minimum Gasteiger partial charge on any atom is -0.394 e. The molecule has 0 saturated heterocycles. The molecule has 1 aromatic carbocycles. The fourth-order valence-electron chi connectivity index (χ4n) is 2.38. The molecule has 0 amide bonds. The summed E-state index contributed by atoms with van der Waals surface area (Å²) in [5, 5.41) is 17.5. The molecule has 0 fully saturated rings. The van der Waals surface area contributed by atoms with E-state index in [9.17, 15) is 5.11 Å². The first-order chi connectivity index (χ1) is 9.61. The lowest BCUT2D eigenvalue weighted by molar-refractivity contribution is 0.243. The van der Waals surface area contributed by atoms with E-state index in [4.69, 9.17) is 0 Å². The molecule has 1 atom stereocenters. The summed E-state index contributed by atoms with van der Waals surface area (Å²) in [6.07, 6.45) is 2.04. The van der Waals surface area contributed by atoms with Gasteiger partial charge in [0.05, 0.1) is 18.3 Å². The number of aromatic nitrogens is 2. The molecular weight excluding hydrogens is 250 g/mol. The van der Waals surface area contributed by atoms with Crippen LogP contribution in [0.4, 0.5) is 0 Å². The minimum atomic E-state index is -0.0450. The van der Waals surface area contributed by atoms with Crippen LogP contribution in [0.15, 0.2) is 36.5 Å². The van der Waals surface area contributed by atoms with Gasteiger partial charge in [-0.15, -0.1) is 0 Å². The third kappa shape index (κ3) is 3.46. The topological polar surface area (TPSA) is 50.1 Å². The Morgan fingerprint density at radius 1 is 1.25 bits per heavy atom. The minimum absolute atomic E-state index is 0.0450. The van der Waals surface area contributed by atoms with Crippen LogP contribution in [0.1, 0.15) is 42.6 Å². The van der Waals surface area contributed by atoms with Crippen LogP contribution >= 0.6 is 0 Å². The van der Waals surface area contributed by atoms with Crippen LogP contribution in [0, 0.1) is 0 Å². The average Bonchev–Trinajstić information content (AvgIpc) is 2.82. The summed E-state index contributed by atoms with van der Waals surface area (Å²) in [7, 11) is 1.94. The monoisotopic (exact) mass is 273 g/mol. The van der Waals surface area contributed by atoms with E-state index in [0.717, 1.165) is 11.3 Å². The normalized spacial score (nSPS) is 12.8. The van der Waals surface area contributed by atoms with Gasteiger partial charge in [-0.3, -0.25) is 4.68 Å². The molecule has 1 heterocycles. The third-order valence-corrected chi connectivity index (χ3v) is 3.41.